The van der Waals surface area contributed by atoms with Crippen LogP contribution in [0.3, 0.4) is 0 Å². The minimum atomic E-state index is -0.0425. The molecule has 9 aromatic rings. The number of fused-ring (bicyclic) bond motifs is 5. The van der Waals surface area contributed by atoms with Gasteiger partial charge in [0.1, 0.15) is 0 Å². The number of pyridine rings is 2. The lowest BCUT2D eigenvalue weighted by Gasteiger charge is -2.21. The minimum absolute atomic E-state index is 0.0425. The van der Waals surface area contributed by atoms with Crippen molar-refractivity contribution in [3.8, 4) is 67.5 Å². The van der Waals surface area contributed by atoms with E-state index in [1.54, 1.807) is 0 Å². The molecule has 0 saturated carbocycles. The van der Waals surface area contributed by atoms with Crippen molar-refractivity contribution in [1.29, 1.82) is 0 Å². The minimum Gasteiger partial charge on any atom is -0.256 e. The fraction of sp³-hybridized carbons (Fsp3) is 0.0625. The first kappa shape index (κ1) is 30.9. The molecule has 0 bridgehead atoms. The molecule has 0 saturated heterocycles. The summed E-state index contributed by atoms with van der Waals surface area (Å²) >= 11 is 0. The molecule has 0 N–H and O–H groups in total. The quantitative estimate of drug-likeness (QED) is 0.181. The van der Waals surface area contributed by atoms with Gasteiger partial charge in [0, 0.05) is 45.3 Å². The number of hydrogen-bond acceptors (Lipinski definition) is 5. The first-order valence-corrected chi connectivity index (χ1v) is 17.9. The van der Waals surface area contributed by atoms with E-state index in [0.717, 1.165) is 49.6 Å². The summed E-state index contributed by atoms with van der Waals surface area (Å²) in [5.41, 5.74) is 14.6. The van der Waals surface area contributed by atoms with E-state index in [2.05, 4.69) is 127 Å². The highest BCUT2D eigenvalue weighted by Gasteiger charge is 2.36. The van der Waals surface area contributed by atoms with Crippen molar-refractivity contribution in [3.63, 3.8) is 0 Å². The van der Waals surface area contributed by atoms with Crippen LogP contribution in [0.15, 0.2) is 164 Å². The van der Waals surface area contributed by atoms with E-state index >= 15 is 0 Å². The van der Waals surface area contributed by atoms with E-state index in [1.165, 1.54) is 33.4 Å². The van der Waals surface area contributed by atoms with Gasteiger partial charge >= 0.3 is 0 Å². The number of rotatable bonds is 5. The third-order valence-electron chi connectivity index (χ3n) is 10.7. The Labute approximate surface area is 307 Å². The maximum atomic E-state index is 5.08. The second-order valence-corrected chi connectivity index (χ2v) is 14.1. The van der Waals surface area contributed by atoms with E-state index in [-0.39, 0.29) is 5.41 Å². The summed E-state index contributed by atoms with van der Waals surface area (Å²) in [5.74, 6) is 1.80. The molecule has 5 nitrogen and oxygen atoms in total. The van der Waals surface area contributed by atoms with Crippen molar-refractivity contribution >= 4 is 21.8 Å². The summed E-state index contributed by atoms with van der Waals surface area (Å²) in [6.45, 7) is 4.66. The monoisotopic (exact) mass is 679 g/mol. The maximum Gasteiger partial charge on any atom is 0.164 e. The molecule has 1 aliphatic carbocycles. The molecule has 250 valence electrons. The van der Waals surface area contributed by atoms with Crippen LogP contribution < -0.4 is 0 Å². The third kappa shape index (κ3) is 5.12. The summed E-state index contributed by atoms with van der Waals surface area (Å²) in [6, 6.07) is 53.1. The average molecular weight is 680 g/mol. The molecule has 3 heterocycles. The number of para-hydroxylation sites is 2. The van der Waals surface area contributed by atoms with Gasteiger partial charge in [-0.05, 0) is 74.8 Å². The Bertz CT molecular complexity index is 2770. The van der Waals surface area contributed by atoms with Crippen LogP contribution in [0.25, 0.3) is 89.4 Å². The van der Waals surface area contributed by atoms with Gasteiger partial charge in [0.15, 0.2) is 17.5 Å². The largest absolute Gasteiger partial charge is 0.256 e. The van der Waals surface area contributed by atoms with Gasteiger partial charge in [-0.3, -0.25) is 9.97 Å². The molecule has 5 heteroatoms. The van der Waals surface area contributed by atoms with Gasteiger partial charge in [-0.2, -0.15) is 0 Å². The Hall–Kier alpha value is -6.85. The van der Waals surface area contributed by atoms with Crippen molar-refractivity contribution in [3.05, 3.63) is 175 Å². The molecule has 0 fully saturated rings. The Morgan fingerprint density at radius 1 is 0.377 bits per heavy atom. The topological polar surface area (TPSA) is 64.5 Å². The van der Waals surface area contributed by atoms with Crippen LogP contribution in [0.1, 0.15) is 25.0 Å². The fourth-order valence-electron chi connectivity index (χ4n) is 8.00. The lowest BCUT2D eigenvalue weighted by Crippen LogP contribution is -2.14. The summed E-state index contributed by atoms with van der Waals surface area (Å²) in [6.07, 6.45) is 3.63. The van der Waals surface area contributed by atoms with Crippen molar-refractivity contribution in [2.45, 2.75) is 19.3 Å². The van der Waals surface area contributed by atoms with E-state index < -0.39 is 0 Å². The SMILES string of the molecule is CC1(C)c2ccccc2-c2c(-c3cccc(-c4ccc(-c5nc(-c6ccnc7ccccc67)nc(-c6ccnc7ccccc67)n5)cc4)c3)cccc21. The van der Waals surface area contributed by atoms with Crippen LogP contribution in [0.2, 0.25) is 0 Å². The highest BCUT2D eigenvalue weighted by atomic mass is 15.0. The van der Waals surface area contributed by atoms with Crippen molar-refractivity contribution < 1.29 is 0 Å². The zero-order valence-corrected chi connectivity index (χ0v) is 29.3. The molecule has 0 unspecified atom stereocenters. The Balaban J connectivity index is 1.07. The van der Waals surface area contributed by atoms with Crippen molar-refractivity contribution in [2.24, 2.45) is 0 Å². The van der Waals surface area contributed by atoms with Crippen LogP contribution in [-0.4, -0.2) is 24.9 Å². The standard InChI is InChI=1S/C48H33N5/c1-48(2)40-17-6-3-15-39(40)44-34(16-10-18-41(44)48)33-12-9-11-32(29-33)30-21-23-31(24-22-30)45-51-46(37-25-27-49-42-19-7-4-13-35(37)42)53-47(52-45)38-26-28-50-43-20-8-5-14-36(38)43/h3-29H,1-2H3. The van der Waals surface area contributed by atoms with Gasteiger partial charge in [0.2, 0.25) is 0 Å². The predicted octanol–water partition coefficient (Wildman–Crippen LogP) is 11.6. The lowest BCUT2D eigenvalue weighted by molar-refractivity contribution is 0.660. The van der Waals surface area contributed by atoms with Gasteiger partial charge in [0.05, 0.1) is 11.0 Å². The van der Waals surface area contributed by atoms with Gasteiger partial charge in [-0.15, -0.1) is 0 Å². The van der Waals surface area contributed by atoms with Crippen LogP contribution >= 0.6 is 0 Å². The van der Waals surface area contributed by atoms with E-state index in [1.807, 2.05) is 60.9 Å². The lowest BCUT2D eigenvalue weighted by atomic mass is 9.82. The summed E-state index contributed by atoms with van der Waals surface area (Å²) < 4.78 is 0. The number of aromatic nitrogens is 5. The van der Waals surface area contributed by atoms with Crippen LogP contribution in [-0.2, 0) is 5.41 Å². The van der Waals surface area contributed by atoms with Crippen LogP contribution in [0.5, 0.6) is 0 Å². The van der Waals surface area contributed by atoms with Gasteiger partial charge in [-0.1, -0.05) is 135 Å². The summed E-state index contributed by atoms with van der Waals surface area (Å²) in [7, 11) is 0. The molecule has 1 aliphatic rings. The highest BCUT2D eigenvalue weighted by Crippen LogP contribution is 2.52. The van der Waals surface area contributed by atoms with Crippen LogP contribution in [0, 0.1) is 0 Å². The Morgan fingerprint density at radius 3 is 1.60 bits per heavy atom. The third-order valence-corrected chi connectivity index (χ3v) is 10.7. The predicted molar refractivity (Wildman–Crippen MR) is 215 cm³/mol. The molecule has 3 aromatic heterocycles. The average Bonchev–Trinajstić information content (AvgIpc) is 3.46. The number of benzene rings is 6. The van der Waals surface area contributed by atoms with E-state index in [9.17, 15) is 0 Å². The van der Waals surface area contributed by atoms with E-state index in [4.69, 9.17) is 15.0 Å². The van der Waals surface area contributed by atoms with Crippen molar-refractivity contribution in [2.75, 3.05) is 0 Å². The molecule has 6 aromatic carbocycles. The Kier molecular flexibility index (Phi) is 7.08. The first-order chi connectivity index (χ1) is 26.0. The molecule has 53 heavy (non-hydrogen) atoms. The molecule has 0 atom stereocenters. The van der Waals surface area contributed by atoms with Crippen molar-refractivity contribution in [1.82, 2.24) is 24.9 Å². The van der Waals surface area contributed by atoms with Gasteiger partial charge in [-0.25, -0.2) is 15.0 Å². The van der Waals surface area contributed by atoms with Crippen LogP contribution in [0.4, 0.5) is 0 Å². The molecule has 0 amide bonds. The normalized spacial score (nSPS) is 12.9. The maximum absolute atomic E-state index is 5.08. The highest BCUT2D eigenvalue weighted by molar-refractivity contribution is 5.96. The first-order valence-electron chi connectivity index (χ1n) is 17.9. The summed E-state index contributed by atoms with van der Waals surface area (Å²) in [5, 5.41) is 1.98. The zero-order chi connectivity index (χ0) is 35.5. The molecule has 0 radical (unpaired) electrons. The smallest absolute Gasteiger partial charge is 0.164 e. The fourth-order valence-corrected chi connectivity index (χ4v) is 8.00. The molecule has 10 rings (SSSR count). The summed E-state index contributed by atoms with van der Waals surface area (Å²) in [4.78, 5) is 24.4. The molecular formula is C48H33N5. The second kappa shape index (κ2) is 12.1. The number of nitrogens with zero attached hydrogens (tertiary/aromatic N) is 5. The van der Waals surface area contributed by atoms with Gasteiger partial charge in [0.25, 0.3) is 0 Å². The molecule has 0 aliphatic heterocycles. The van der Waals surface area contributed by atoms with E-state index in [0.29, 0.717) is 17.5 Å². The number of hydrogen-bond donors (Lipinski definition) is 0. The zero-order valence-electron chi connectivity index (χ0n) is 29.3. The van der Waals surface area contributed by atoms with Gasteiger partial charge < -0.3 is 0 Å². The Morgan fingerprint density at radius 2 is 0.906 bits per heavy atom. The molecule has 0 spiro atoms. The second-order valence-electron chi connectivity index (χ2n) is 14.1. The molecular weight excluding hydrogens is 647 g/mol.